The second-order valence-electron chi connectivity index (χ2n) is 5.79. The summed E-state index contributed by atoms with van der Waals surface area (Å²) in [7, 11) is 0. The number of ketones is 1. The van der Waals surface area contributed by atoms with Gasteiger partial charge in [0.15, 0.2) is 5.78 Å². The minimum absolute atomic E-state index is 0.0459. The van der Waals surface area contributed by atoms with Crippen molar-refractivity contribution in [3.63, 3.8) is 0 Å². The van der Waals surface area contributed by atoms with Gasteiger partial charge in [0.25, 0.3) is 0 Å². The van der Waals surface area contributed by atoms with E-state index in [0.717, 1.165) is 19.3 Å². The van der Waals surface area contributed by atoms with E-state index in [4.69, 9.17) is 0 Å². The van der Waals surface area contributed by atoms with Gasteiger partial charge < -0.3 is 5.32 Å². The standard InChI is InChI=1S/C19H18FNO2/c20-16-6-1-2-7-17(16)21-19(23)11-10-18(22)15-9-8-13-4-3-5-14(13)12-15/h1-2,6-9,12H,3-5,10-11H2,(H,21,23). The fraction of sp³-hybridized carbons (Fsp3) is 0.263. The Morgan fingerprint density at radius 1 is 1.00 bits per heavy atom. The molecular weight excluding hydrogens is 293 g/mol. The topological polar surface area (TPSA) is 46.2 Å². The minimum Gasteiger partial charge on any atom is -0.324 e. The molecule has 1 N–H and O–H groups in total. The van der Waals surface area contributed by atoms with E-state index in [1.165, 1.54) is 23.3 Å². The minimum atomic E-state index is -0.481. The number of hydrogen-bond donors (Lipinski definition) is 1. The van der Waals surface area contributed by atoms with Crippen molar-refractivity contribution in [1.29, 1.82) is 0 Å². The summed E-state index contributed by atoms with van der Waals surface area (Å²) in [4.78, 5) is 24.1. The van der Waals surface area contributed by atoms with Crippen molar-refractivity contribution in [1.82, 2.24) is 0 Å². The third-order valence-corrected chi connectivity index (χ3v) is 4.15. The van der Waals surface area contributed by atoms with Gasteiger partial charge in [-0.15, -0.1) is 0 Å². The van der Waals surface area contributed by atoms with E-state index in [0.29, 0.717) is 5.56 Å². The number of benzene rings is 2. The number of anilines is 1. The number of carbonyl (C=O) groups excluding carboxylic acids is 2. The smallest absolute Gasteiger partial charge is 0.224 e. The fourth-order valence-corrected chi connectivity index (χ4v) is 2.89. The van der Waals surface area contributed by atoms with Gasteiger partial charge in [-0.2, -0.15) is 0 Å². The zero-order valence-corrected chi connectivity index (χ0v) is 12.8. The van der Waals surface area contributed by atoms with Crippen LogP contribution in [0.3, 0.4) is 0 Å². The molecule has 23 heavy (non-hydrogen) atoms. The van der Waals surface area contributed by atoms with E-state index in [1.807, 2.05) is 18.2 Å². The largest absolute Gasteiger partial charge is 0.324 e. The van der Waals surface area contributed by atoms with Crippen molar-refractivity contribution in [2.75, 3.05) is 5.32 Å². The van der Waals surface area contributed by atoms with Crippen molar-refractivity contribution in [2.45, 2.75) is 32.1 Å². The van der Waals surface area contributed by atoms with Crippen LogP contribution in [0.2, 0.25) is 0 Å². The molecule has 0 aliphatic heterocycles. The van der Waals surface area contributed by atoms with E-state index in [2.05, 4.69) is 5.32 Å². The second-order valence-corrected chi connectivity index (χ2v) is 5.79. The highest BCUT2D eigenvalue weighted by atomic mass is 19.1. The van der Waals surface area contributed by atoms with Crippen molar-refractivity contribution >= 4 is 17.4 Å². The number of carbonyl (C=O) groups is 2. The molecule has 0 unspecified atom stereocenters. The summed E-state index contributed by atoms with van der Waals surface area (Å²) in [5.74, 6) is -0.890. The van der Waals surface area contributed by atoms with Crippen LogP contribution in [0.25, 0.3) is 0 Å². The average Bonchev–Trinajstić information content (AvgIpc) is 3.02. The third kappa shape index (κ3) is 3.65. The molecule has 0 fully saturated rings. The zero-order chi connectivity index (χ0) is 16.2. The molecule has 2 aromatic carbocycles. The van der Waals surface area contributed by atoms with Crippen LogP contribution in [0, 0.1) is 5.82 Å². The number of hydrogen-bond acceptors (Lipinski definition) is 2. The SMILES string of the molecule is O=C(CCC(=O)c1ccc2c(c1)CCC2)Nc1ccccc1F. The van der Waals surface area contributed by atoms with Gasteiger partial charge in [0.05, 0.1) is 5.69 Å². The molecule has 1 aliphatic rings. The Morgan fingerprint density at radius 2 is 1.78 bits per heavy atom. The number of rotatable bonds is 5. The highest BCUT2D eigenvalue weighted by Gasteiger charge is 2.15. The number of fused-ring (bicyclic) bond motifs is 1. The number of nitrogens with one attached hydrogen (secondary N) is 1. The zero-order valence-electron chi connectivity index (χ0n) is 12.8. The van der Waals surface area contributed by atoms with Crippen LogP contribution < -0.4 is 5.32 Å². The first kappa shape index (κ1) is 15.4. The molecule has 4 heteroatoms. The molecule has 1 aliphatic carbocycles. The summed E-state index contributed by atoms with van der Waals surface area (Å²) in [6, 6.07) is 11.8. The first-order valence-electron chi connectivity index (χ1n) is 7.83. The van der Waals surface area contributed by atoms with E-state index in [9.17, 15) is 14.0 Å². The van der Waals surface area contributed by atoms with Crippen LogP contribution in [0.15, 0.2) is 42.5 Å². The highest BCUT2D eigenvalue weighted by molar-refractivity contribution is 6.00. The van der Waals surface area contributed by atoms with Gasteiger partial charge in [-0.1, -0.05) is 24.3 Å². The molecule has 3 nitrogen and oxygen atoms in total. The molecule has 0 bridgehead atoms. The Morgan fingerprint density at radius 3 is 2.61 bits per heavy atom. The van der Waals surface area contributed by atoms with Crippen molar-refractivity contribution in [3.8, 4) is 0 Å². The van der Waals surface area contributed by atoms with Gasteiger partial charge in [-0.05, 0) is 48.6 Å². The van der Waals surface area contributed by atoms with Crippen LogP contribution in [-0.2, 0) is 17.6 Å². The maximum atomic E-state index is 13.5. The number of halogens is 1. The molecule has 2 aromatic rings. The first-order chi connectivity index (χ1) is 11.1. The molecule has 0 saturated heterocycles. The Labute approximate surface area is 134 Å². The molecule has 0 spiro atoms. The summed E-state index contributed by atoms with van der Waals surface area (Å²) in [5.41, 5.74) is 3.36. The highest BCUT2D eigenvalue weighted by Crippen LogP contribution is 2.23. The molecular formula is C19H18FNO2. The third-order valence-electron chi connectivity index (χ3n) is 4.15. The lowest BCUT2D eigenvalue weighted by Crippen LogP contribution is -2.14. The molecule has 0 saturated carbocycles. The maximum absolute atomic E-state index is 13.5. The quantitative estimate of drug-likeness (QED) is 0.851. The molecule has 0 radical (unpaired) electrons. The number of aryl methyl sites for hydroxylation is 2. The molecule has 0 aromatic heterocycles. The Bertz CT molecular complexity index is 755. The van der Waals surface area contributed by atoms with E-state index >= 15 is 0 Å². The number of Topliss-reactive ketones (excluding diaryl/α,β-unsaturated/α-hetero) is 1. The summed E-state index contributed by atoms with van der Waals surface area (Å²) in [5, 5.41) is 2.49. The van der Waals surface area contributed by atoms with Crippen molar-refractivity contribution in [3.05, 3.63) is 65.0 Å². The predicted molar refractivity (Wildman–Crippen MR) is 87.1 cm³/mol. The summed E-state index contributed by atoms with van der Waals surface area (Å²) < 4.78 is 13.5. The average molecular weight is 311 g/mol. The van der Waals surface area contributed by atoms with Gasteiger partial charge in [0, 0.05) is 18.4 Å². The van der Waals surface area contributed by atoms with E-state index < -0.39 is 5.82 Å². The Hall–Kier alpha value is -2.49. The van der Waals surface area contributed by atoms with Gasteiger partial charge in [-0.3, -0.25) is 9.59 Å². The lowest BCUT2D eigenvalue weighted by Gasteiger charge is -2.07. The molecule has 0 heterocycles. The van der Waals surface area contributed by atoms with Gasteiger partial charge in [-0.25, -0.2) is 4.39 Å². The number of para-hydroxylation sites is 1. The lowest BCUT2D eigenvalue weighted by molar-refractivity contribution is -0.116. The summed E-state index contributed by atoms with van der Waals surface area (Å²) >= 11 is 0. The van der Waals surface area contributed by atoms with Crippen molar-refractivity contribution < 1.29 is 14.0 Å². The van der Waals surface area contributed by atoms with E-state index in [-0.39, 0.29) is 30.2 Å². The second kappa shape index (κ2) is 6.73. The van der Waals surface area contributed by atoms with Crippen LogP contribution in [0.1, 0.15) is 40.7 Å². The van der Waals surface area contributed by atoms with Crippen LogP contribution in [-0.4, -0.2) is 11.7 Å². The Kier molecular flexibility index (Phi) is 4.51. The lowest BCUT2D eigenvalue weighted by atomic mass is 10.0. The van der Waals surface area contributed by atoms with E-state index in [1.54, 1.807) is 12.1 Å². The molecule has 3 rings (SSSR count). The van der Waals surface area contributed by atoms with Gasteiger partial charge in [0.2, 0.25) is 5.91 Å². The van der Waals surface area contributed by atoms with Crippen LogP contribution in [0.4, 0.5) is 10.1 Å². The number of amides is 1. The summed E-state index contributed by atoms with van der Waals surface area (Å²) in [6.07, 6.45) is 3.40. The first-order valence-corrected chi connectivity index (χ1v) is 7.83. The van der Waals surface area contributed by atoms with Crippen LogP contribution in [0.5, 0.6) is 0 Å². The fourth-order valence-electron chi connectivity index (χ4n) is 2.89. The van der Waals surface area contributed by atoms with Gasteiger partial charge >= 0.3 is 0 Å². The molecule has 1 amide bonds. The normalized spacial score (nSPS) is 12.7. The van der Waals surface area contributed by atoms with Gasteiger partial charge in [0.1, 0.15) is 5.82 Å². The maximum Gasteiger partial charge on any atom is 0.224 e. The monoisotopic (exact) mass is 311 g/mol. The Balaban J connectivity index is 1.56. The molecule has 118 valence electrons. The van der Waals surface area contributed by atoms with Crippen molar-refractivity contribution in [2.24, 2.45) is 0 Å². The predicted octanol–water partition coefficient (Wildman–Crippen LogP) is 3.92. The summed E-state index contributed by atoms with van der Waals surface area (Å²) in [6.45, 7) is 0. The molecule has 0 atom stereocenters. The van der Waals surface area contributed by atoms with Crippen LogP contribution >= 0.6 is 0 Å².